The standard InChI is InChI=1S/C26H24ClFN4O6/c1-30(2)24(35)21-17-10-11-31(13-14-4-9-19(28)18(27)12-14)23(34)20(17)22(33)25(36)32(21)16-7-5-15(6-8-16)29-26(37)38-3/h4-9,12,33H,10-11,13H2,1-3H3,(H,29,37). The SMILES string of the molecule is COC(=O)Nc1ccc(-n2c(C(=O)N(C)C)c3c(c(O)c2=O)C(=O)N(Cc2ccc(F)c(Cl)c2)CC3)cc1. The monoisotopic (exact) mass is 542 g/mol. The van der Waals surface area contributed by atoms with Crippen LogP contribution in [0.1, 0.15) is 32.0 Å². The minimum atomic E-state index is -0.956. The van der Waals surface area contributed by atoms with Crippen molar-refractivity contribution in [3.63, 3.8) is 0 Å². The van der Waals surface area contributed by atoms with Crippen LogP contribution in [0.25, 0.3) is 5.69 Å². The first kappa shape index (κ1) is 26.7. The second-order valence-corrected chi connectivity index (χ2v) is 9.19. The third-order valence-electron chi connectivity index (χ3n) is 6.11. The van der Waals surface area contributed by atoms with Crippen molar-refractivity contribution in [2.45, 2.75) is 13.0 Å². The van der Waals surface area contributed by atoms with Gasteiger partial charge in [-0.05, 0) is 48.4 Å². The number of amides is 3. The highest BCUT2D eigenvalue weighted by atomic mass is 35.5. The van der Waals surface area contributed by atoms with Gasteiger partial charge in [0.2, 0.25) is 0 Å². The predicted molar refractivity (Wildman–Crippen MR) is 138 cm³/mol. The lowest BCUT2D eigenvalue weighted by molar-refractivity contribution is 0.0720. The molecule has 0 atom stereocenters. The Morgan fingerprint density at radius 2 is 1.84 bits per heavy atom. The molecule has 3 aromatic rings. The van der Waals surface area contributed by atoms with Gasteiger partial charge in [-0.3, -0.25) is 24.3 Å². The minimum absolute atomic E-state index is 0.0562. The van der Waals surface area contributed by atoms with Crippen molar-refractivity contribution in [3.8, 4) is 11.4 Å². The molecule has 0 saturated carbocycles. The number of methoxy groups -OCH3 is 1. The number of hydrogen-bond donors (Lipinski definition) is 2. The van der Waals surface area contributed by atoms with Crippen molar-refractivity contribution >= 4 is 35.2 Å². The summed E-state index contributed by atoms with van der Waals surface area (Å²) in [6, 6.07) is 10.1. The van der Waals surface area contributed by atoms with Crippen molar-refractivity contribution in [1.29, 1.82) is 0 Å². The molecule has 1 aromatic heterocycles. The Labute approximate surface area is 221 Å². The molecule has 4 rings (SSSR count). The van der Waals surface area contributed by atoms with Gasteiger partial charge in [0, 0.05) is 44.1 Å². The first-order valence-electron chi connectivity index (χ1n) is 11.4. The number of benzene rings is 2. The number of nitrogens with zero attached hydrogens (tertiary/aromatic N) is 3. The van der Waals surface area contributed by atoms with Gasteiger partial charge in [-0.1, -0.05) is 17.7 Å². The Kier molecular flexibility index (Phi) is 7.40. The van der Waals surface area contributed by atoms with E-state index >= 15 is 0 Å². The number of ether oxygens (including phenoxy) is 1. The van der Waals surface area contributed by atoms with Crippen LogP contribution in [0.5, 0.6) is 5.75 Å². The second kappa shape index (κ2) is 10.5. The van der Waals surface area contributed by atoms with Crippen LogP contribution < -0.4 is 10.9 Å². The normalized spacial score (nSPS) is 12.7. The van der Waals surface area contributed by atoms with Crippen molar-refractivity contribution in [3.05, 3.63) is 86.0 Å². The molecule has 0 aliphatic carbocycles. The summed E-state index contributed by atoms with van der Waals surface area (Å²) >= 11 is 5.87. The topological polar surface area (TPSA) is 121 Å². The molecule has 0 fully saturated rings. The molecule has 2 heterocycles. The number of fused-ring (bicyclic) bond motifs is 1. The number of halogens is 2. The third kappa shape index (κ3) is 4.92. The van der Waals surface area contributed by atoms with Gasteiger partial charge in [0.25, 0.3) is 17.4 Å². The van der Waals surface area contributed by atoms with E-state index in [0.29, 0.717) is 11.3 Å². The van der Waals surface area contributed by atoms with Crippen LogP contribution in [0.15, 0.2) is 47.3 Å². The number of pyridine rings is 1. The number of rotatable bonds is 5. The quantitative estimate of drug-likeness (QED) is 0.509. The van der Waals surface area contributed by atoms with E-state index in [2.05, 4.69) is 10.1 Å². The molecule has 0 spiro atoms. The predicted octanol–water partition coefficient (Wildman–Crippen LogP) is 3.41. The number of aromatic nitrogens is 1. The van der Waals surface area contributed by atoms with Gasteiger partial charge < -0.3 is 19.6 Å². The average Bonchev–Trinajstić information content (AvgIpc) is 2.89. The summed E-state index contributed by atoms with van der Waals surface area (Å²) in [5.41, 5.74) is 0.150. The van der Waals surface area contributed by atoms with E-state index in [-0.39, 0.29) is 47.0 Å². The fourth-order valence-electron chi connectivity index (χ4n) is 4.25. The molecule has 0 bridgehead atoms. The zero-order valence-electron chi connectivity index (χ0n) is 20.7. The highest BCUT2D eigenvalue weighted by Gasteiger charge is 2.35. The van der Waals surface area contributed by atoms with Gasteiger partial charge >= 0.3 is 6.09 Å². The van der Waals surface area contributed by atoms with Crippen molar-refractivity contribution in [1.82, 2.24) is 14.4 Å². The van der Waals surface area contributed by atoms with E-state index in [4.69, 9.17) is 11.6 Å². The van der Waals surface area contributed by atoms with Crippen LogP contribution in [-0.4, -0.2) is 65.1 Å². The molecule has 1 aliphatic heterocycles. The van der Waals surface area contributed by atoms with Crippen LogP contribution in [-0.2, 0) is 17.7 Å². The smallest absolute Gasteiger partial charge is 0.411 e. The molecular formula is C26H24ClFN4O6. The largest absolute Gasteiger partial charge is 0.502 e. The molecule has 2 aromatic carbocycles. The van der Waals surface area contributed by atoms with E-state index in [0.717, 1.165) is 4.57 Å². The van der Waals surface area contributed by atoms with E-state index in [1.54, 1.807) is 0 Å². The fourth-order valence-corrected chi connectivity index (χ4v) is 4.45. The summed E-state index contributed by atoms with van der Waals surface area (Å²) in [5.74, 6) is -2.57. The van der Waals surface area contributed by atoms with Gasteiger partial charge in [0.05, 0.1) is 17.7 Å². The van der Waals surface area contributed by atoms with Gasteiger partial charge in [-0.15, -0.1) is 0 Å². The minimum Gasteiger partial charge on any atom is -0.502 e. The van der Waals surface area contributed by atoms with Crippen LogP contribution >= 0.6 is 11.6 Å². The molecule has 0 unspecified atom stereocenters. The number of anilines is 1. The van der Waals surface area contributed by atoms with E-state index in [1.165, 1.54) is 73.5 Å². The Balaban J connectivity index is 1.81. The van der Waals surface area contributed by atoms with Gasteiger partial charge in [0.15, 0.2) is 5.75 Å². The van der Waals surface area contributed by atoms with E-state index in [1.807, 2.05) is 0 Å². The first-order chi connectivity index (χ1) is 18.0. The summed E-state index contributed by atoms with van der Waals surface area (Å²) in [7, 11) is 4.24. The average molecular weight is 543 g/mol. The summed E-state index contributed by atoms with van der Waals surface area (Å²) in [6.45, 7) is 0.237. The molecule has 0 saturated heterocycles. The lowest BCUT2D eigenvalue weighted by atomic mass is 9.95. The van der Waals surface area contributed by atoms with E-state index in [9.17, 15) is 28.7 Å². The van der Waals surface area contributed by atoms with Crippen molar-refractivity contribution in [2.24, 2.45) is 0 Å². The van der Waals surface area contributed by atoms with Crippen LogP contribution in [0, 0.1) is 5.82 Å². The Morgan fingerprint density at radius 3 is 2.45 bits per heavy atom. The summed E-state index contributed by atoms with van der Waals surface area (Å²) in [5, 5.41) is 13.3. The maximum atomic E-state index is 13.6. The highest BCUT2D eigenvalue weighted by Crippen LogP contribution is 2.31. The molecular weight excluding hydrogens is 519 g/mol. The summed E-state index contributed by atoms with van der Waals surface area (Å²) < 4.78 is 19.2. The number of hydrogen-bond acceptors (Lipinski definition) is 6. The fraction of sp³-hybridized carbons (Fsp3) is 0.231. The third-order valence-corrected chi connectivity index (χ3v) is 6.40. The Hall–Kier alpha value is -4.38. The van der Waals surface area contributed by atoms with Crippen molar-refractivity contribution in [2.75, 3.05) is 33.1 Å². The molecule has 12 heteroatoms. The highest BCUT2D eigenvalue weighted by molar-refractivity contribution is 6.30. The Morgan fingerprint density at radius 1 is 1.16 bits per heavy atom. The zero-order valence-corrected chi connectivity index (χ0v) is 21.5. The molecule has 38 heavy (non-hydrogen) atoms. The number of nitrogens with one attached hydrogen (secondary N) is 1. The molecule has 0 radical (unpaired) electrons. The molecule has 198 valence electrons. The van der Waals surface area contributed by atoms with Gasteiger partial charge in [-0.2, -0.15) is 0 Å². The molecule has 2 N–H and O–H groups in total. The van der Waals surface area contributed by atoms with Crippen LogP contribution in [0.4, 0.5) is 14.9 Å². The number of carbonyl (C=O) groups excluding carboxylic acids is 3. The molecule has 3 amide bonds. The summed E-state index contributed by atoms with van der Waals surface area (Å²) in [4.78, 5) is 54.3. The van der Waals surface area contributed by atoms with Gasteiger partial charge in [0.1, 0.15) is 11.5 Å². The molecule has 10 nitrogen and oxygen atoms in total. The second-order valence-electron chi connectivity index (χ2n) is 8.78. The van der Waals surface area contributed by atoms with Crippen molar-refractivity contribution < 1.29 is 28.6 Å². The number of aromatic hydroxyl groups is 1. The molecule has 1 aliphatic rings. The lowest BCUT2D eigenvalue weighted by Gasteiger charge is -2.31. The van der Waals surface area contributed by atoms with Crippen LogP contribution in [0.3, 0.4) is 0 Å². The lowest BCUT2D eigenvalue weighted by Crippen LogP contribution is -2.42. The van der Waals surface area contributed by atoms with Gasteiger partial charge in [-0.25, -0.2) is 9.18 Å². The zero-order chi connectivity index (χ0) is 27.7. The van der Waals surface area contributed by atoms with Crippen LogP contribution in [0.2, 0.25) is 5.02 Å². The first-order valence-corrected chi connectivity index (χ1v) is 11.8. The summed E-state index contributed by atoms with van der Waals surface area (Å²) in [6.07, 6.45) is -0.517. The number of carbonyl (C=O) groups is 3. The Bertz CT molecular complexity index is 1500. The maximum Gasteiger partial charge on any atom is 0.411 e. The maximum absolute atomic E-state index is 13.6. The van der Waals surface area contributed by atoms with E-state index < -0.39 is 35.0 Å².